The van der Waals surface area contributed by atoms with Crippen molar-refractivity contribution in [2.24, 2.45) is 0 Å². The van der Waals surface area contributed by atoms with Crippen LogP contribution in [0.15, 0.2) is 30.3 Å². The van der Waals surface area contributed by atoms with Crippen molar-refractivity contribution in [1.82, 2.24) is 9.80 Å². The van der Waals surface area contributed by atoms with Crippen LogP contribution in [0.4, 0.5) is 9.59 Å². The van der Waals surface area contributed by atoms with Crippen molar-refractivity contribution in [2.75, 3.05) is 26.2 Å². The molecule has 2 amide bonds. The molecule has 3 heterocycles. The molecule has 1 aromatic rings. The van der Waals surface area contributed by atoms with E-state index in [9.17, 15) is 19.8 Å². The molecule has 1 aromatic carbocycles. The number of aliphatic hydroxyl groups is 2. The quantitative estimate of drug-likeness (QED) is 0.643. The second kappa shape index (κ2) is 6.34. The first-order valence-electron chi connectivity index (χ1n) is 8.53. The van der Waals surface area contributed by atoms with Gasteiger partial charge in [0.25, 0.3) is 0 Å². The first kappa shape index (κ1) is 18.0. The van der Waals surface area contributed by atoms with Crippen molar-refractivity contribution in [1.29, 1.82) is 0 Å². The van der Waals surface area contributed by atoms with Gasteiger partial charge in [0.15, 0.2) is 0 Å². The molecule has 10 heteroatoms. The van der Waals surface area contributed by atoms with Crippen LogP contribution in [0, 0.1) is 0 Å². The molecule has 0 aromatic heterocycles. The van der Waals surface area contributed by atoms with E-state index in [0.717, 1.165) is 10.5 Å². The standard InChI is InChI=1S/C17H20N2O8/c20-14(21)18-6-12-16(23,9-18)27-13-7-19(10-17(13,24)26-12)15(22)25-8-11-4-2-1-3-5-11/h1-5,12-13,23-24H,6-10H2,(H,20,21). The van der Waals surface area contributed by atoms with Gasteiger partial charge in [-0.15, -0.1) is 0 Å². The van der Waals surface area contributed by atoms with Crippen LogP contribution in [0.25, 0.3) is 0 Å². The molecular weight excluding hydrogens is 360 g/mol. The molecule has 0 radical (unpaired) electrons. The number of fused-ring (bicyclic) bond motifs is 2. The molecule has 27 heavy (non-hydrogen) atoms. The van der Waals surface area contributed by atoms with Crippen LogP contribution < -0.4 is 0 Å². The molecule has 3 N–H and O–H groups in total. The van der Waals surface area contributed by atoms with Gasteiger partial charge in [0.2, 0.25) is 11.6 Å². The number of ether oxygens (including phenoxy) is 3. The fourth-order valence-corrected chi connectivity index (χ4v) is 3.64. The zero-order chi connectivity index (χ0) is 19.2. The first-order valence-corrected chi connectivity index (χ1v) is 8.53. The van der Waals surface area contributed by atoms with Crippen LogP contribution in [0.1, 0.15) is 5.56 Å². The number of benzene rings is 1. The molecule has 4 rings (SSSR count). The Balaban J connectivity index is 1.40. The Morgan fingerprint density at radius 1 is 1.04 bits per heavy atom. The third kappa shape index (κ3) is 3.21. The molecule has 4 atom stereocenters. The number of hydrogen-bond acceptors (Lipinski definition) is 7. The molecule has 4 unspecified atom stereocenters. The van der Waals surface area contributed by atoms with Gasteiger partial charge in [-0.25, -0.2) is 9.59 Å². The van der Waals surface area contributed by atoms with Crippen LogP contribution in [-0.2, 0) is 20.8 Å². The highest BCUT2D eigenvalue weighted by Crippen LogP contribution is 2.41. The number of carbonyl (C=O) groups is 2. The van der Waals surface area contributed by atoms with Gasteiger partial charge in [0, 0.05) is 0 Å². The highest BCUT2D eigenvalue weighted by Gasteiger charge is 2.63. The fraction of sp³-hybridized carbons (Fsp3) is 0.529. The summed E-state index contributed by atoms with van der Waals surface area (Å²) in [6, 6.07) is 9.16. The summed E-state index contributed by atoms with van der Waals surface area (Å²) in [5.74, 6) is -3.70. The number of carboxylic acid groups (broad SMARTS) is 1. The summed E-state index contributed by atoms with van der Waals surface area (Å²) >= 11 is 0. The topological polar surface area (TPSA) is 129 Å². The van der Waals surface area contributed by atoms with E-state index >= 15 is 0 Å². The molecule has 3 fully saturated rings. The Kier molecular flexibility index (Phi) is 4.22. The van der Waals surface area contributed by atoms with E-state index in [0.29, 0.717) is 0 Å². The second-order valence-electron chi connectivity index (χ2n) is 6.99. The lowest BCUT2D eigenvalue weighted by atomic mass is 10.1. The molecule has 0 aliphatic carbocycles. The summed E-state index contributed by atoms with van der Waals surface area (Å²) in [7, 11) is 0. The van der Waals surface area contributed by atoms with Gasteiger partial charge in [-0.2, -0.15) is 0 Å². The molecule has 3 saturated heterocycles. The van der Waals surface area contributed by atoms with Crippen LogP contribution in [0.3, 0.4) is 0 Å². The minimum atomic E-state index is -1.86. The molecular formula is C17H20N2O8. The molecule has 10 nitrogen and oxygen atoms in total. The maximum atomic E-state index is 12.3. The van der Waals surface area contributed by atoms with Crippen molar-refractivity contribution >= 4 is 12.2 Å². The number of likely N-dealkylation sites (tertiary alicyclic amines) is 2. The van der Waals surface area contributed by atoms with E-state index in [2.05, 4.69) is 0 Å². The Morgan fingerprint density at radius 2 is 1.59 bits per heavy atom. The van der Waals surface area contributed by atoms with E-state index in [1.54, 1.807) is 0 Å². The summed E-state index contributed by atoms with van der Waals surface area (Å²) in [6.45, 7) is -0.602. The summed E-state index contributed by atoms with van der Waals surface area (Å²) in [6.07, 6.45) is -3.92. The third-order valence-electron chi connectivity index (χ3n) is 5.04. The summed E-state index contributed by atoms with van der Waals surface area (Å²) in [5, 5.41) is 30.4. The first-order chi connectivity index (χ1) is 12.8. The van der Waals surface area contributed by atoms with Crippen molar-refractivity contribution in [3.05, 3.63) is 35.9 Å². The van der Waals surface area contributed by atoms with Gasteiger partial charge in [-0.1, -0.05) is 30.3 Å². The highest BCUT2D eigenvalue weighted by atomic mass is 16.7. The number of carbonyl (C=O) groups excluding carboxylic acids is 1. The van der Waals surface area contributed by atoms with Gasteiger partial charge in [0.1, 0.15) is 18.8 Å². The minimum Gasteiger partial charge on any atom is -0.465 e. The Hall–Kier alpha value is -2.40. The van der Waals surface area contributed by atoms with Gasteiger partial charge < -0.3 is 34.4 Å². The van der Waals surface area contributed by atoms with Gasteiger partial charge in [-0.05, 0) is 5.56 Å². The zero-order valence-electron chi connectivity index (χ0n) is 14.4. The Labute approximate surface area is 154 Å². The summed E-state index contributed by atoms with van der Waals surface area (Å²) in [4.78, 5) is 25.6. The number of hydrogen-bond donors (Lipinski definition) is 3. The predicted molar refractivity (Wildman–Crippen MR) is 87.4 cm³/mol. The molecule has 3 aliphatic rings. The van der Waals surface area contributed by atoms with E-state index in [1.165, 1.54) is 4.90 Å². The summed E-state index contributed by atoms with van der Waals surface area (Å²) in [5.41, 5.74) is 0.825. The third-order valence-corrected chi connectivity index (χ3v) is 5.04. The lowest BCUT2D eigenvalue weighted by Gasteiger charge is -2.43. The SMILES string of the molecule is O=C(O)N1CC2OC3(O)CN(C(=O)OCc4ccccc4)CC3OC2(O)C1. The predicted octanol–water partition coefficient (Wildman–Crippen LogP) is -0.206. The fourth-order valence-electron chi connectivity index (χ4n) is 3.64. The minimum absolute atomic E-state index is 0.0494. The monoisotopic (exact) mass is 380 g/mol. The van der Waals surface area contributed by atoms with E-state index < -0.39 is 36.0 Å². The zero-order valence-corrected chi connectivity index (χ0v) is 14.4. The maximum absolute atomic E-state index is 12.3. The molecule has 0 saturated carbocycles. The number of β-amino-alcohol motifs (C(OH)–C–C–N with tert-alkyl or cyclic N) is 2. The van der Waals surface area contributed by atoms with Crippen LogP contribution >= 0.6 is 0 Å². The summed E-state index contributed by atoms with van der Waals surface area (Å²) < 4.78 is 16.4. The average Bonchev–Trinajstić information content (AvgIpc) is 3.13. The van der Waals surface area contributed by atoms with Gasteiger partial charge in [-0.3, -0.25) is 4.90 Å². The van der Waals surface area contributed by atoms with E-state index in [1.807, 2.05) is 30.3 Å². The van der Waals surface area contributed by atoms with Crippen LogP contribution in [0.5, 0.6) is 0 Å². The smallest absolute Gasteiger partial charge is 0.410 e. The van der Waals surface area contributed by atoms with Gasteiger partial charge >= 0.3 is 12.2 Å². The van der Waals surface area contributed by atoms with Crippen molar-refractivity contribution < 1.29 is 39.1 Å². The normalized spacial score (nSPS) is 34.9. The largest absolute Gasteiger partial charge is 0.465 e. The number of rotatable bonds is 2. The average molecular weight is 380 g/mol. The van der Waals surface area contributed by atoms with E-state index in [-0.39, 0.29) is 32.8 Å². The number of amides is 2. The molecule has 3 aliphatic heterocycles. The van der Waals surface area contributed by atoms with Crippen molar-refractivity contribution in [3.8, 4) is 0 Å². The molecule has 146 valence electrons. The molecule has 0 spiro atoms. The van der Waals surface area contributed by atoms with E-state index in [4.69, 9.17) is 19.3 Å². The van der Waals surface area contributed by atoms with Crippen LogP contribution in [0.2, 0.25) is 0 Å². The Morgan fingerprint density at radius 3 is 2.19 bits per heavy atom. The maximum Gasteiger partial charge on any atom is 0.410 e. The van der Waals surface area contributed by atoms with Gasteiger partial charge in [0.05, 0.1) is 26.2 Å². The van der Waals surface area contributed by atoms with Crippen LogP contribution in [-0.4, -0.2) is 87.3 Å². The lowest BCUT2D eigenvalue weighted by molar-refractivity contribution is -0.396. The molecule has 0 bridgehead atoms. The Bertz CT molecular complexity index is 746. The second-order valence-corrected chi connectivity index (χ2v) is 6.99. The lowest BCUT2D eigenvalue weighted by Crippen LogP contribution is -2.63. The van der Waals surface area contributed by atoms with Crippen molar-refractivity contribution in [3.63, 3.8) is 0 Å². The highest BCUT2D eigenvalue weighted by molar-refractivity contribution is 5.68. The van der Waals surface area contributed by atoms with Crippen molar-refractivity contribution in [2.45, 2.75) is 30.4 Å². The number of nitrogens with zero attached hydrogens (tertiary/aromatic N) is 2.